The van der Waals surface area contributed by atoms with Crippen molar-refractivity contribution < 1.29 is 36.8 Å². The first-order valence-corrected chi connectivity index (χ1v) is 12.8. The summed E-state index contributed by atoms with van der Waals surface area (Å²) in [7, 11) is 0. The zero-order valence-corrected chi connectivity index (χ0v) is 22.6. The number of amides is 2. The summed E-state index contributed by atoms with van der Waals surface area (Å²) in [5.41, 5.74) is -1.48. The number of nitrogens with zero attached hydrogens (tertiary/aromatic N) is 2. The average molecular weight is 676 g/mol. The number of rotatable bonds is 6. The van der Waals surface area contributed by atoms with E-state index >= 15 is 0 Å². The first kappa shape index (κ1) is 27.8. The van der Waals surface area contributed by atoms with Crippen molar-refractivity contribution in [1.29, 1.82) is 0 Å². The molecule has 0 atom stereocenters. The molecule has 0 aromatic heterocycles. The van der Waals surface area contributed by atoms with Gasteiger partial charge in [-0.25, -0.2) is 4.39 Å². The van der Waals surface area contributed by atoms with Gasteiger partial charge in [0.15, 0.2) is 5.75 Å². The lowest BCUT2D eigenvalue weighted by Gasteiger charge is -2.13. The molecule has 7 nitrogen and oxygen atoms in total. The number of hydrogen-bond acceptors (Lipinski definition) is 6. The second kappa shape index (κ2) is 10.9. The Morgan fingerprint density at radius 3 is 2.32 bits per heavy atom. The molecule has 0 aliphatic carbocycles. The van der Waals surface area contributed by atoms with Gasteiger partial charge in [-0.3, -0.25) is 24.6 Å². The highest BCUT2D eigenvalue weighted by Crippen LogP contribution is 2.43. The summed E-state index contributed by atoms with van der Waals surface area (Å²) in [6.45, 7) is -0.235. The van der Waals surface area contributed by atoms with E-state index in [1.165, 1.54) is 36.4 Å². The second-order valence-corrected chi connectivity index (χ2v) is 10.4. The molecular formula is C24H12Br2F4N2O5S. The van der Waals surface area contributed by atoms with Gasteiger partial charge in [0.25, 0.3) is 11.1 Å². The number of alkyl halides is 3. The Kier molecular flexibility index (Phi) is 7.95. The predicted octanol–water partition coefficient (Wildman–Crippen LogP) is 8.31. The van der Waals surface area contributed by atoms with Crippen molar-refractivity contribution in [2.24, 2.45) is 0 Å². The largest absolute Gasteiger partial charge is 0.448 e. The van der Waals surface area contributed by atoms with Crippen LogP contribution in [0.1, 0.15) is 16.7 Å². The van der Waals surface area contributed by atoms with Crippen LogP contribution >= 0.6 is 43.6 Å². The number of carbonyl (C=O) groups excluding carboxylic acids is 2. The predicted molar refractivity (Wildman–Crippen MR) is 138 cm³/mol. The van der Waals surface area contributed by atoms with E-state index in [1.807, 2.05) is 0 Å². The van der Waals surface area contributed by atoms with E-state index in [9.17, 15) is 37.3 Å². The van der Waals surface area contributed by atoms with Crippen LogP contribution in [0.5, 0.6) is 11.5 Å². The molecule has 1 aliphatic heterocycles. The van der Waals surface area contributed by atoms with Crippen molar-refractivity contribution in [3.05, 3.63) is 101 Å². The molecule has 196 valence electrons. The summed E-state index contributed by atoms with van der Waals surface area (Å²) in [5.74, 6) is -1.56. The lowest BCUT2D eigenvalue weighted by atomic mass is 10.1. The van der Waals surface area contributed by atoms with Crippen molar-refractivity contribution in [2.75, 3.05) is 0 Å². The highest BCUT2D eigenvalue weighted by Gasteiger charge is 2.36. The van der Waals surface area contributed by atoms with Crippen LogP contribution in [0, 0.1) is 15.9 Å². The molecular weight excluding hydrogens is 664 g/mol. The number of halogens is 6. The number of nitro benzene ring substituents is 1. The lowest BCUT2D eigenvalue weighted by molar-refractivity contribution is -0.385. The average Bonchev–Trinajstić information content (AvgIpc) is 3.09. The third-order valence-corrected chi connectivity index (χ3v) is 7.26. The fraction of sp³-hybridized carbons (Fsp3) is 0.0833. The minimum atomic E-state index is -4.78. The van der Waals surface area contributed by atoms with E-state index in [0.29, 0.717) is 29.5 Å². The van der Waals surface area contributed by atoms with E-state index in [4.69, 9.17) is 4.74 Å². The Morgan fingerprint density at radius 1 is 1.05 bits per heavy atom. The highest BCUT2D eigenvalue weighted by molar-refractivity contribution is 9.11. The van der Waals surface area contributed by atoms with E-state index in [-0.39, 0.29) is 31.7 Å². The number of hydrogen-bond donors (Lipinski definition) is 0. The van der Waals surface area contributed by atoms with Crippen LogP contribution in [0.3, 0.4) is 0 Å². The molecule has 0 unspecified atom stereocenters. The lowest BCUT2D eigenvalue weighted by Crippen LogP contribution is -2.27. The quantitative estimate of drug-likeness (QED) is 0.113. The van der Waals surface area contributed by atoms with E-state index in [1.54, 1.807) is 6.07 Å². The fourth-order valence-corrected chi connectivity index (χ4v) is 5.60. The molecule has 38 heavy (non-hydrogen) atoms. The zero-order valence-electron chi connectivity index (χ0n) is 18.6. The third-order valence-electron chi connectivity index (χ3n) is 5.17. The molecule has 0 saturated carbocycles. The van der Waals surface area contributed by atoms with Crippen molar-refractivity contribution >= 4 is 66.5 Å². The molecule has 4 rings (SSSR count). The number of carbonyl (C=O) groups is 2. The molecule has 1 fully saturated rings. The Bertz CT molecular complexity index is 1490. The SMILES string of the molecule is O=C1S/C(=C\c2cc(Br)c(Oc3ccc(C(F)(F)F)cc3[N+](=O)[O-])c(Br)c2)C(=O)N1Cc1ccccc1F. The summed E-state index contributed by atoms with van der Waals surface area (Å²) in [6, 6.07) is 10.6. The summed E-state index contributed by atoms with van der Waals surface area (Å²) < 4.78 is 59.0. The Balaban J connectivity index is 1.59. The van der Waals surface area contributed by atoms with Gasteiger partial charge in [-0.2, -0.15) is 13.2 Å². The van der Waals surface area contributed by atoms with Gasteiger partial charge in [-0.05, 0) is 85.6 Å². The number of imide groups is 1. The highest BCUT2D eigenvalue weighted by atomic mass is 79.9. The minimum absolute atomic E-state index is 0.0256. The molecule has 0 N–H and O–H groups in total. The topological polar surface area (TPSA) is 89.7 Å². The normalized spacial score (nSPS) is 14.9. The van der Waals surface area contributed by atoms with Gasteiger partial charge in [0.05, 0.1) is 30.9 Å². The van der Waals surface area contributed by atoms with Gasteiger partial charge >= 0.3 is 11.9 Å². The third kappa shape index (κ3) is 5.92. The fourth-order valence-electron chi connectivity index (χ4n) is 3.38. The second-order valence-electron chi connectivity index (χ2n) is 7.71. The van der Waals surface area contributed by atoms with E-state index in [2.05, 4.69) is 31.9 Å². The first-order chi connectivity index (χ1) is 17.8. The first-order valence-electron chi connectivity index (χ1n) is 10.4. The van der Waals surface area contributed by atoms with Crippen LogP contribution in [0.2, 0.25) is 0 Å². The van der Waals surface area contributed by atoms with Crippen LogP contribution in [-0.4, -0.2) is 21.0 Å². The molecule has 3 aromatic rings. The monoisotopic (exact) mass is 674 g/mol. The number of nitro groups is 1. The van der Waals surface area contributed by atoms with E-state index < -0.39 is 45.1 Å². The molecule has 0 radical (unpaired) electrons. The molecule has 0 bridgehead atoms. The van der Waals surface area contributed by atoms with Crippen LogP contribution in [0.15, 0.2) is 68.4 Å². The molecule has 1 saturated heterocycles. The standard InChI is InChI=1S/C24H12Br2F4N2O5S/c25-15-7-12(9-20-22(33)31(23(34)38-20)11-13-3-1-2-4-17(13)27)8-16(26)21(15)37-19-6-5-14(24(28,29)30)10-18(19)32(35)36/h1-10H,11H2/b20-9-. The summed E-state index contributed by atoms with van der Waals surface area (Å²) in [6.07, 6.45) is -3.35. The Hall–Kier alpha value is -3.23. The number of ether oxygens (including phenoxy) is 1. The van der Waals surface area contributed by atoms with E-state index in [0.717, 1.165) is 11.0 Å². The summed E-state index contributed by atoms with van der Waals surface area (Å²) in [4.78, 5) is 36.6. The number of thioether (sulfide) groups is 1. The molecule has 14 heteroatoms. The van der Waals surface area contributed by atoms with Gasteiger partial charge < -0.3 is 4.74 Å². The van der Waals surface area contributed by atoms with Crippen molar-refractivity contribution in [3.63, 3.8) is 0 Å². The van der Waals surface area contributed by atoms with Gasteiger partial charge in [0.1, 0.15) is 5.82 Å². The van der Waals surface area contributed by atoms with Gasteiger partial charge in [-0.15, -0.1) is 0 Å². The summed E-state index contributed by atoms with van der Waals surface area (Å²) >= 11 is 7.19. The molecule has 0 spiro atoms. The maximum atomic E-state index is 14.0. The summed E-state index contributed by atoms with van der Waals surface area (Å²) in [5, 5.41) is 10.8. The van der Waals surface area contributed by atoms with Crippen LogP contribution in [0.25, 0.3) is 6.08 Å². The maximum absolute atomic E-state index is 14.0. The van der Waals surface area contributed by atoms with Gasteiger partial charge in [-0.1, -0.05) is 18.2 Å². The molecule has 3 aromatic carbocycles. The van der Waals surface area contributed by atoms with Crippen LogP contribution < -0.4 is 4.74 Å². The van der Waals surface area contributed by atoms with Crippen molar-refractivity contribution in [2.45, 2.75) is 12.7 Å². The Morgan fingerprint density at radius 2 is 1.71 bits per heavy atom. The van der Waals surface area contributed by atoms with Crippen LogP contribution in [0.4, 0.5) is 28.0 Å². The van der Waals surface area contributed by atoms with Gasteiger partial charge in [0.2, 0.25) is 5.75 Å². The molecule has 1 aliphatic rings. The maximum Gasteiger partial charge on any atom is 0.416 e. The number of benzene rings is 3. The van der Waals surface area contributed by atoms with Gasteiger partial charge in [0, 0.05) is 11.6 Å². The minimum Gasteiger partial charge on any atom is -0.448 e. The zero-order chi connectivity index (χ0) is 27.8. The van der Waals surface area contributed by atoms with Crippen molar-refractivity contribution in [3.8, 4) is 11.5 Å². The smallest absolute Gasteiger partial charge is 0.416 e. The van der Waals surface area contributed by atoms with Crippen molar-refractivity contribution in [1.82, 2.24) is 4.90 Å². The molecule has 2 amide bonds. The Labute approximate surface area is 232 Å². The van der Waals surface area contributed by atoms with Crippen LogP contribution in [-0.2, 0) is 17.5 Å². The molecule has 1 heterocycles.